The lowest BCUT2D eigenvalue weighted by molar-refractivity contribution is 0.0693. The quantitative estimate of drug-likeness (QED) is 0.863. The first kappa shape index (κ1) is 13.6. The summed E-state index contributed by atoms with van der Waals surface area (Å²) >= 11 is 1.50. The summed E-state index contributed by atoms with van der Waals surface area (Å²) in [6.07, 6.45) is 3.11. The number of carboxylic acid groups (broad SMARTS) is 1. The Labute approximate surface area is 116 Å². The van der Waals surface area contributed by atoms with Gasteiger partial charge in [0, 0.05) is 23.0 Å². The summed E-state index contributed by atoms with van der Waals surface area (Å²) in [5, 5.41) is 9.11. The van der Waals surface area contributed by atoms with Crippen molar-refractivity contribution in [1.82, 2.24) is 4.98 Å². The third-order valence-corrected chi connectivity index (χ3v) is 3.80. The molecule has 0 spiro atoms. The van der Waals surface area contributed by atoms with Crippen LogP contribution in [0, 0.1) is 13.8 Å². The Balaban J connectivity index is 2.16. The first-order chi connectivity index (χ1) is 9.06. The number of aryl methyl sites for hydroxylation is 2. The van der Waals surface area contributed by atoms with Crippen LogP contribution in [0.25, 0.3) is 0 Å². The summed E-state index contributed by atoms with van der Waals surface area (Å²) in [5.74, 6) is -0.167. The van der Waals surface area contributed by atoms with Gasteiger partial charge in [-0.2, -0.15) is 0 Å². The van der Waals surface area contributed by atoms with E-state index in [1.807, 2.05) is 0 Å². The standard InChI is InChI=1S/C15H15NO2S/c1-10-5-11(2)7-12(6-10)9-19-14-8-16-4-3-13(14)15(17)18/h3-8H,9H2,1-2H3,(H,17,18). The lowest BCUT2D eigenvalue weighted by Crippen LogP contribution is -1.99. The van der Waals surface area contributed by atoms with E-state index in [1.165, 1.54) is 40.7 Å². The van der Waals surface area contributed by atoms with Gasteiger partial charge < -0.3 is 5.11 Å². The minimum Gasteiger partial charge on any atom is -0.478 e. The van der Waals surface area contributed by atoms with Gasteiger partial charge in [0.25, 0.3) is 0 Å². The van der Waals surface area contributed by atoms with E-state index in [1.54, 1.807) is 6.20 Å². The van der Waals surface area contributed by atoms with E-state index in [9.17, 15) is 4.79 Å². The molecule has 2 aromatic rings. The zero-order valence-corrected chi connectivity index (χ0v) is 11.7. The molecule has 1 N–H and O–H groups in total. The number of nitrogens with zero attached hydrogens (tertiary/aromatic N) is 1. The summed E-state index contributed by atoms with van der Waals surface area (Å²) in [6, 6.07) is 7.90. The van der Waals surface area contributed by atoms with Crippen LogP contribution >= 0.6 is 11.8 Å². The molecule has 0 aliphatic carbocycles. The molecule has 3 nitrogen and oxygen atoms in total. The molecular weight excluding hydrogens is 258 g/mol. The summed E-state index contributed by atoms with van der Waals surface area (Å²) in [6.45, 7) is 4.13. The summed E-state index contributed by atoms with van der Waals surface area (Å²) < 4.78 is 0. The predicted molar refractivity (Wildman–Crippen MR) is 76.7 cm³/mol. The van der Waals surface area contributed by atoms with Crippen molar-refractivity contribution in [2.45, 2.75) is 24.5 Å². The Morgan fingerprint density at radius 2 is 1.95 bits per heavy atom. The van der Waals surface area contributed by atoms with Crippen LogP contribution in [0.4, 0.5) is 0 Å². The second-order valence-corrected chi connectivity index (χ2v) is 5.48. The fourth-order valence-electron chi connectivity index (χ4n) is 1.99. The fraction of sp³-hybridized carbons (Fsp3) is 0.200. The third-order valence-electron chi connectivity index (χ3n) is 2.69. The fourth-order valence-corrected chi connectivity index (χ4v) is 2.92. The molecule has 1 aromatic heterocycles. The number of carbonyl (C=O) groups is 1. The minimum absolute atomic E-state index is 0.310. The van der Waals surface area contributed by atoms with Gasteiger partial charge in [-0.3, -0.25) is 4.98 Å². The van der Waals surface area contributed by atoms with Gasteiger partial charge in [-0.05, 0) is 25.5 Å². The highest BCUT2D eigenvalue weighted by molar-refractivity contribution is 7.98. The molecule has 1 aromatic carbocycles. The van der Waals surface area contributed by atoms with Crippen molar-refractivity contribution in [1.29, 1.82) is 0 Å². The molecule has 2 rings (SSSR count). The van der Waals surface area contributed by atoms with Crippen LogP contribution < -0.4 is 0 Å². The second kappa shape index (κ2) is 5.89. The number of aromatic carboxylic acids is 1. The molecule has 0 saturated heterocycles. The van der Waals surface area contributed by atoms with Crippen LogP contribution in [0.1, 0.15) is 27.0 Å². The van der Waals surface area contributed by atoms with Crippen molar-refractivity contribution in [2.24, 2.45) is 0 Å². The van der Waals surface area contributed by atoms with Gasteiger partial charge in [-0.25, -0.2) is 4.79 Å². The average molecular weight is 273 g/mol. The van der Waals surface area contributed by atoms with Crippen LogP contribution in [0.5, 0.6) is 0 Å². The van der Waals surface area contributed by atoms with Crippen molar-refractivity contribution >= 4 is 17.7 Å². The molecule has 0 bridgehead atoms. The topological polar surface area (TPSA) is 50.2 Å². The van der Waals surface area contributed by atoms with E-state index >= 15 is 0 Å². The number of rotatable bonds is 4. The van der Waals surface area contributed by atoms with Gasteiger partial charge in [0.1, 0.15) is 0 Å². The number of thioether (sulfide) groups is 1. The molecule has 0 atom stereocenters. The maximum absolute atomic E-state index is 11.1. The van der Waals surface area contributed by atoms with Gasteiger partial charge in [0.2, 0.25) is 0 Å². The Bertz CT molecular complexity index is 591. The van der Waals surface area contributed by atoms with Crippen LogP contribution in [0.3, 0.4) is 0 Å². The van der Waals surface area contributed by atoms with Crippen LogP contribution in [-0.4, -0.2) is 16.1 Å². The number of pyridine rings is 1. The molecule has 0 unspecified atom stereocenters. The number of benzene rings is 1. The molecule has 19 heavy (non-hydrogen) atoms. The van der Waals surface area contributed by atoms with Crippen molar-refractivity contribution < 1.29 is 9.90 Å². The summed E-state index contributed by atoms with van der Waals surface area (Å²) in [5.41, 5.74) is 3.95. The smallest absolute Gasteiger partial charge is 0.336 e. The summed E-state index contributed by atoms with van der Waals surface area (Å²) in [7, 11) is 0. The van der Waals surface area contributed by atoms with Gasteiger partial charge in [-0.15, -0.1) is 11.8 Å². The number of hydrogen-bond donors (Lipinski definition) is 1. The second-order valence-electron chi connectivity index (χ2n) is 4.46. The molecule has 1 heterocycles. The maximum Gasteiger partial charge on any atom is 0.336 e. The molecule has 0 radical (unpaired) electrons. The largest absolute Gasteiger partial charge is 0.478 e. The van der Waals surface area contributed by atoms with E-state index in [0.717, 1.165) is 5.75 Å². The zero-order valence-electron chi connectivity index (χ0n) is 10.9. The highest BCUT2D eigenvalue weighted by Crippen LogP contribution is 2.26. The molecule has 4 heteroatoms. The maximum atomic E-state index is 11.1. The molecule has 0 aliphatic rings. The lowest BCUT2D eigenvalue weighted by atomic mass is 10.1. The Morgan fingerprint density at radius 1 is 1.26 bits per heavy atom. The van der Waals surface area contributed by atoms with Crippen molar-refractivity contribution in [3.8, 4) is 0 Å². The number of aromatic nitrogens is 1. The average Bonchev–Trinajstić information content (AvgIpc) is 2.35. The summed E-state index contributed by atoms with van der Waals surface area (Å²) in [4.78, 5) is 15.8. The van der Waals surface area contributed by atoms with E-state index in [2.05, 4.69) is 37.0 Å². The molecule has 0 fully saturated rings. The van der Waals surface area contributed by atoms with Crippen molar-refractivity contribution in [2.75, 3.05) is 0 Å². The SMILES string of the molecule is Cc1cc(C)cc(CSc2cnccc2C(=O)O)c1. The molecular formula is C15H15NO2S. The van der Waals surface area contributed by atoms with Crippen molar-refractivity contribution in [3.05, 3.63) is 58.9 Å². The Hall–Kier alpha value is -1.81. The van der Waals surface area contributed by atoms with Gasteiger partial charge in [-0.1, -0.05) is 29.3 Å². The third kappa shape index (κ3) is 3.58. The Morgan fingerprint density at radius 3 is 2.58 bits per heavy atom. The predicted octanol–water partition coefficient (Wildman–Crippen LogP) is 3.69. The number of hydrogen-bond acceptors (Lipinski definition) is 3. The van der Waals surface area contributed by atoms with E-state index in [4.69, 9.17) is 5.11 Å². The first-order valence-corrected chi connectivity index (χ1v) is 6.92. The van der Waals surface area contributed by atoms with E-state index in [-0.39, 0.29) is 0 Å². The molecule has 98 valence electrons. The minimum atomic E-state index is -0.912. The van der Waals surface area contributed by atoms with E-state index < -0.39 is 5.97 Å². The van der Waals surface area contributed by atoms with Crippen LogP contribution in [0.15, 0.2) is 41.6 Å². The van der Waals surface area contributed by atoms with Crippen LogP contribution in [-0.2, 0) is 5.75 Å². The van der Waals surface area contributed by atoms with E-state index in [0.29, 0.717) is 10.5 Å². The molecule has 0 saturated carbocycles. The van der Waals surface area contributed by atoms with Crippen molar-refractivity contribution in [3.63, 3.8) is 0 Å². The monoisotopic (exact) mass is 273 g/mol. The molecule has 0 amide bonds. The highest BCUT2D eigenvalue weighted by atomic mass is 32.2. The van der Waals surface area contributed by atoms with Gasteiger partial charge in [0.05, 0.1) is 5.56 Å². The first-order valence-electron chi connectivity index (χ1n) is 5.93. The highest BCUT2D eigenvalue weighted by Gasteiger charge is 2.10. The van der Waals surface area contributed by atoms with Gasteiger partial charge >= 0.3 is 5.97 Å². The zero-order chi connectivity index (χ0) is 13.8. The number of carboxylic acids is 1. The normalized spacial score (nSPS) is 10.4. The van der Waals surface area contributed by atoms with Gasteiger partial charge in [0.15, 0.2) is 0 Å². The lowest BCUT2D eigenvalue weighted by Gasteiger charge is -2.07. The van der Waals surface area contributed by atoms with Crippen LogP contribution in [0.2, 0.25) is 0 Å². The Kier molecular flexibility index (Phi) is 4.22. The molecule has 0 aliphatic heterocycles.